The lowest BCUT2D eigenvalue weighted by Crippen LogP contribution is -2.14. The van der Waals surface area contributed by atoms with Crippen molar-refractivity contribution in [1.29, 1.82) is 0 Å². The maximum Gasteiger partial charge on any atom is 0.130 e. The van der Waals surface area contributed by atoms with Crippen molar-refractivity contribution in [2.75, 3.05) is 39.6 Å². The van der Waals surface area contributed by atoms with Crippen LogP contribution in [0.2, 0.25) is 5.02 Å². The van der Waals surface area contributed by atoms with Crippen LogP contribution in [-0.2, 0) is 0 Å². The smallest absolute Gasteiger partial charge is 0.130 e. The summed E-state index contributed by atoms with van der Waals surface area (Å²) in [5.74, 6) is 0.831. The summed E-state index contributed by atoms with van der Waals surface area (Å²) >= 11 is 6.17. The van der Waals surface area contributed by atoms with E-state index in [2.05, 4.69) is 24.3 Å². The number of nitrogens with zero attached hydrogens (tertiary/aromatic N) is 2. The summed E-state index contributed by atoms with van der Waals surface area (Å²) in [5.41, 5.74) is 2.87. The molecule has 0 spiro atoms. The molecule has 0 aliphatic rings. The van der Waals surface area contributed by atoms with Crippen LogP contribution in [0.25, 0.3) is 21.8 Å². The maximum absolute atomic E-state index is 6.17. The highest BCUT2D eigenvalue weighted by atomic mass is 35.5. The number of pyridine rings is 1. The van der Waals surface area contributed by atoms with Crippen LogP contribution >= 0.6 is 11.6 Å². The zero-order chi connectivity index (χ0) is 17.8. The molecule has 0 amide bonds. The summed E-state index contributed by atoms with van der Waals surface area (Å²) < 4.78 is 5.59. The number of hydrogen-bond acceptors (Lipinski definition) is 4. The molecule has 0 aliphatic carbocycles. The highest BCUT2D eigenvalue weighted by molar-refractivity contribution is 6.31. The van der Waals surface area contributed by atoms with Crippen molar-refractivity contribution < 1.29 is 4.74 Å². The first-order chi connectivity index (χ1) is 12.1. The van der Waals surface area contributed by atoms with E-state index in [4.69, 9.17) is 21.3 Å². The number of unbranched alkanes of at least 4 members (excludes halogenated alkanes) is 1. The van der Waals surface area contributed by atoms with Crippen LogP contribution < -0.4 is 10.1 Å². The van der Waals surface area contributed by atoms with Gasteiger partial charge in [-0.25, -0.2) is 4.98 Å². The van der Waals surface area contributed by atoms with Gasteiger partial charge in [-0.1, -0.05) is 17.7 Å². The minimum absolute atomic E-state index is 0.694. The number of anilines is 1. The first kappa shape index (κ1) is 17.8. The molecule has 0 radical (unpaired) electrons. The molecule has 2 aromatic carbocycles. The van der Waals surface area contributed by atoms with Gasteiger partial charge in [0.05, 0.1) is 29.2 Å². The van der Waals surface area contributed by atoms with Crippen molar-refractivity contribution >= 4 is 39.1 Å². The van der Waals surface area contributed by atoms with Gasteiger partial charge in [0, 0.05) is 17.0 Å². The number of ether oxygens (including phenoxy) is 1. The molecule has 0 bridgehead atoms. The predicted octanol–water partition coefficient (Wildman–Crippen LogP) is 4.80. The van der Waals surface area contributed by atoms with Crippen molar-refractivity contribution in [2.24, 2.45) is 0 Å². The number of halogens is 1. The van der Waals surface area contributed by atoms with Gasteiger partial charge in [0.1, 0.15) is 5.75 Å². The van der Waals surface area contributed by atoms with E-state index in [1.54, 1.807) is 7.11 Å². The second-order valence-electron chi connectivity index (χ2n) is 6.44. The van der Waals surface area contributed by atoms with Crippen LogP contribution in [0.4, 0.5) is 5.69 Å². The summed E-state index contributed by atoms with van der Waals surface area (Å²) in [6.45, 7) is 2.00. The third-order valence-electron chi connectivity index (χ3n) is 4.28. The van der Waals surface area contributed by atoms with Crippen molar-refractivity contribution in [2.45, 2.75) is 12.8 Å². The Labute approximate surface area is 153 Å². The van der Waals surface area contributed by atoms with Crippen molar-refractivity contribution in [3.63, 3.8) is 0 Å². The zero-order valence-electron chi connectivity index (χ0n) is 15.0. The summed E-state index contributed by atoms with van der Waals surface area (Å²) in [6, 6.07) is 11.8. The molecule has 4 nitrogen and oxygen atoms in total. The first-order valence-electron chi connectivity index (χ1n) is 8.54. The molecule has 0 atom stereocenters. The minimum atomic E-state index is 0.694. The Balaban J connectivity index is 2.01. The largest absolute Gasteiger partial charge is 0.496 e. The fourth-order valence-electron chi connectivity index (χ4n) is 3.06. The average molecular weight is 358 g/mol. The van der Waals surface area contributed by atoms with Crippen molar-refractivity contribution in [3.8, 4) is 5.75 Å². The van der Waals surface area contributed by atoms with Gasteiger partial charge in [-0.3, -0.25) is 0 Å². The Bertz CT molecular complexity index is 880. The highest BCUT2D eigenvalue weighted by Crippen LogP contribution is 2.37. The van der Waals surface area contributed by atoms with Gasteiger partial charge in [0.2, 0.25) is 0 Å². The predicted molar refractivity (Wildman–Crippen MR) is 107 cm³/mol. The van der Waals surface area contributed by atoms with Gasteiger partial charge in [-0.2, -0.15) is 0 Å². The molecule has 0 aliphatic heterocycles. The van der Waals surface area contributed by atoms with E-state index in [0.29, 0.717) is 5.02 Å². The Hall–Kier alpha value is -2.04. The molecule has 0 unspecified atom stereocenters. The monoisotopic (exact) mass is 357 g/mol. The molecule has 1 N–H and O–H groups in total. The fourth-order valence-corrected chi connectivity index (χ4v) is 3.22. The number of aromatic nitrogens is 1. The maximum atomic E-state index is 6.17. The lowest BCUT2D eigenvalue weighted by molar-refractivity contribution is 0.396. The Morgan fingerprint density at radius 2 is 1.96 bits per heavy atom. The fraction of sp³-hybridized carbons (Fsp3) is 0.350. The molecule has 132 valence electrons. The number of fused-ring (bicyclic) bond motifs is 2. The molecule has 0 saturated heterocycles. The van der Waals surface area contributed by atoms with Gasteiger partial charge < -0.3 is 15.0 Å². The lowest BCUT2D eigenvalue weighted by Gasteiger charge is -2.16. The van der Waals surface area contributed by atoms with Gasteiger partial charge in [-0.05, 0) is 63.8 Å². The van der Waals surface area contributed by atoms with Crippen LogP contribution in [-0.4, -0.2) is 44.2 Å². The number of rotatable bonds is 7. The van der Waals surface area contributed by atoms with E-state index in [0.717, 1.165) is 59.2 Å². The number of benzene rings is 2. The van der Waals surface area contributed by atoms with Crippen molar-refractivity contribution in [3.05, 3.63) is 41.4 Å². The minimum Gasteiger partial charge on any atom is -0.496 e. The third-order valence-corrected chi connectivity index (χ3v) is 4.51. The van der Waals surface area contributed by atoms with Crippen LogP contribution in [0.3, 0.4) is 0 Å². The zero-order valence-corrected chi connectivity index (χ0v) is 15.7. The summed E-state index contributed by atoms with van der Waals surface area (Å²) in [7, 11) is 5.90. The number of nitrogens with one attached hydrogen (secondary N) is 1. The molecular formula is C20H24ClN3O. The topological polar surface area (TPSA) is 37.4 Å². The number of methoxy groups -OCH3 is 1. The van der Waals surface area contributed by atoms with Gasteiger partial charge in [-0.15, -0.1) is 0 Å². The molecular weight excluding hydrogens is 334 g/mol. The van der Waals surface area contributed by atoms with E-state index in [1.165, 1.54) is 0 Å². The van der Waals surface area contributed by atoms with Crippen LogP contribution in [0, 0.1) is 0 Å². The molecule has 0 saturated carbocycles. The third kappa shape index (κ3) is 3.97. The second kappa shape index (κ2) is 7.89. The molecule has 3 aromatic rings. The standard InChI is InChI=1S/C20H24ClN3O/c1-24(2)12-5-4-11-22-20-15-10-9-14(21)13-17(15)23-16-7-6-8-18(25-3)19(16)20/h6-10,13H,4-5,11-12H2,1-3H3,(H,22,23). The van der Waals surface area contributed by atoms with Crippen LogP contribution in [0.15, 0.2) is 36.4 Å². The van der Waals surface area contributed by atoms with E-state index < -0.39 is 0 Å². The Morgan fingerprint density at radius 3 is 2.72 bits per heavy atom. The summed E-state index contributed by atoms with van der Waals surface area (Å²) in [5, 5.41) is 6.40. The molecule has 25 heavy (non-hydrogen) atoms. The van der Waals surface area contributed by atoms with E-state index in [9.17, 15) is 0 Å². The number of hydrogen-bond donors (Lipinski definition) is 1. The normalized spacial score (nSPS) is 11.4. The molecule has 3 rings (SSSR count). The van der Waals surface area contributed by atoms with E-state index >= 15 is 0 Å². The SMILES string of the molecule is COc1cccc2nc3cc(Cl)ccc3c(NCCCCN(C)C)c12. The highest BCUT2D eigenvalue weighted by Gasteiger charge is 2.13. The summed E-state index contributed by atoms with van der Waals surface area (Å²) in [6.07, 6.45) is 2.26. The van der Waals surface area contributed by atoms with Crippen LogP contribution in [0.1, 0.15) is 12.8 Å². The molecule has 1 aromatic heterocycles. The average Bonchev–Trinajstić information content (AvgIpc) is 2.59. The molecule has 0 fully saturated rings. The lowest BCUT2D eigenvalue weighted by atomic mass is 10.1. The van der Waals surface area contributed by atoms with Crippen LogP contribution in [0.5, 0.6) is 5.75 Å². The van der Waals surface area contributed by atoms with Gasteiger partial charge in [0.25, 0.3) is 0 Å². The quantitative estimate of drug-likeness (QED) is 0.486. The Morgan fingerprint density at radius 1 is 1.12 bits per heavy atom. The second-order valence-corrected chi connectivity index (χ2v) is 6.88. The molecule has 1 heterocycles. The van der Waals surface area contributed by atoms with Crippen molar-refractivity contribution in [1.82, 2.24) is 9.88 Å². The van der Waals surface area contributed by atoms with E-state index in [1.807, 2.05) is 36.4 Å². The summed E-state index contributed by atoms with van der Waals surface area (Å²) in [4.78, 5) is 6.97. The molecule has 5 heteroatoms. The van der Waals surface area contributed by atoms with E-state index in [-0.39, 0.29) is 0 Å². The van der Waals surface area contributed by atoms with Gasteiger partial charge in [0.15, 0.2) is 0 Å². The van der Waals surface area contributed by atoms with Gasteiger partial charge >= 0.3 is 0 Å². The Kier molecular flexibility index (Phi) is 5.61. The first-order valence-corrected chi connectivity index (χ1v) is 8.92.